The Bertz CT molecular complexity index is 214. The highest BCUT2D eigenvalue weighted by Crippen LogP contribution is 2.45. The van der Waals surface area contributed by atoms with E-state index in [1.807, 2.05) is 0 Å². The van der Waals surface area contributed by atoms with Crippen LogP contribution in [0.15, 0.2) is 0 Å². The Morgan fingerprint density at radius 2 is 1.93 bits per heavy atom. The molecule has 0 aromatic heterocycles. The molecule has 0 spiro atoms. The monoisotopic (exact) mass is 196 g/mol. The molecule has 2 saturated carbocycles. The number of carbonyl (C=O) groups excluding carboxylic acids is 1. The van der Waals surface area contributed by atoms with E-state index in [0.717, 1.165) is 31.5 Å². The third kappa shape index (κ3) is 2.00. The van der Waals surface area contributed by atoms with Crippen LogP contribution in [0.4, 0.5) is 0 Å². The summed E-state index contributed by atoms with van der Waals surface area (Å²) < 4.78 is 0. The van der Waals surface area contributed by atoms with E-state index in [-0.39, 0.29) is 0 Å². The number of aldehydes is 1. The molecule has 2 aliphatic carbocycles. The first kappa shape index (κ1) is 10.2. The van der Waals surface area contributed by atoms with Gasteiger partial charge in [-0.05, 0) is 31.1 Å². The topological polar surface area (TPSA) is 37.3 Å². The fourth-order valence-electron chi connectivity index (χ4n) is 3.32. The molecule has 0 saturated heterocycles. The van der Waals surface area contributed by atoms with Crippen molar-refractivity contribution in [3.05, 3.63) is 0 Å². The second-order valence-corrected chi connectivity index (χ2v) is 5.14. The van der Waals surface area contributed by atoms with E-state index >= 15 is 0 Å². The summed E-state index contributed by atoms with van der Waals surface area (Å²) in [5.41, 5.74) is -0.653. The number of fused-ring (bicyclic) bond motifs is 1. The van der Waals surface area contributed by atoms with Crippen molar-refractivity contribution in [1.29, 1.82) is 0 Å². The van der Waals surface area contributed by atoms with Crippen LogP contribution in [0.5, 0.6) is 0 Å². The van der Waals surface area contributed by atoms with E-state index in [1.165, 1.54) is 25.7 Å². The fraction of sp³-hybridized carbons (Fsp3) is 0.917. The van der Waals surface area contributed by atoms with Gasteiger partial charge in [0.25, 0.3) is 0 Å². The Kier molecular flexibility index (Phi) is 2.91. The smallest absolute Gasteiger partial charge is 0.122 e. The lowest BCUT2D eigenvalue weighted by molar-refractivity contribution is -0.116. The van der Waals surface area contributed by atoms with E-state index in [0.29, 0.717) is 12.3 Å². The summed E-state index contributed by atoms with van der Waals surface area (Å²) in [5.74, 6) is 1.54. The van der Waals surface area contributed by atoms with E-state index < -0.39 is 5.60 Å². The molecule has 14 heavy (non-hydrogen) atoms. The van der Waals surface area contributed by atoms with Crippen molar-refractivity contribution in [2.75, 3.05) is 0 Å². The summed E-state index contributed by atoms with van der Waals surface area (Å²) in [5, 5.41) is 10.2. The average Bonchev–Trinajstić information content (AvgIpc) is 2.17. The van der Waals surface area contributed by atoms with Gasteiger partial charge >= 0.3 is 0 Å². The molecule has 0 bridgehead atoms. The van der Waals surface area contributed by atoms with Crippen LogP contribution in [0.2, 0.25) is 0 Å². The molecule has 2 rings (SSSR count). The summed E-state index contributed by atoms with van der Waals surface area (Å²) in [6.07, 6.45) is 9.37. The zero-order chi connectivity index (χ0) is 10.0. The van der Waals surface area contributed by atoms with Crippen molar-refractivity contribution in [3.8, 4) is 0 Å². The number of aliphatic hydroxyl groups is 1. The Labute approximate surface area is 85.7 Å². The van der Waals surface area contributed by atoms with Gasteiger partial charge in [0.15, 0.2) is 0 Å². The Morgan fingerprint density at radius 3 is 2.64 bits per heavy atom. The van der Waals surface area contributed by atoms with Crippen LogP contribution in [0.1, 0.15) is 51.4 Å². The summed E-state index contributed by atoms with van der Waals surface area (Å²) >= 11 is 0. The molecule has 3 unspecified atom stereocenters. The third-order valence-electron chi connectivity index (χ3n) is 4.15. The van der Waals surface area contributed by atoms with Crippen molar-refractivity contribution >= 4 is 6.29 Å². The van der Waals surface area contributed by atoms with Crippen molar-refractivity contribution in [1.82, 2.24) is 0 Å². The quantitative estimate of drug-likeness (QED) is 0.688. The van der Waals surface area contributed by atoms with Crippen molar-refractivity contribution in [2.45, 2.75) is 57.0 Å². The van der Waals surface area contributed by atoms with E-state index in [4.69, 9.17) is 0 Å². The van der Waals surface area contributed by atoms with Crippen molar-refractivity contribution in [3.63, 3.8) is 0 Å². The molecule has 0 amide bonds. The highest BCUT2D eigenvalue weighted by Gasteiger charge is 2.39. The molecule has 1 N–H and O–H groups in total. The minimum Gasteiger partial charge on any atom is -0.389 e. The van der Waals surface area contributed by atoms with E-state index in [9.17, 15) is 9.90 Å². The number of hydrogen-bond donors (Lipinski definition) is 1. The average molecular weight is 196 g/mol. The minimum atomic E-state index is -0.653. The predicted octanol–water partition coefficient (Wildman–Crippen LogP) is 2.30. The van der Waals surface area contributed by atoms with E-state index in [2.05, 4.69) is 0 Å². The van der Waals surface area contributed by atoms with Gasteiger partial charge < -0.3 is 9.90 Å². The molecule has 3 atom stereocenters. The Balaban J connectivity index is 1.97. The predicted molar refractivity (Wildman–Crippen MR) is 54.9 cm³/mol. The van der Waals surface area contributed by atoms with Crippen LogP contribution < -0.4 is 0 Å². The fourth-order valence-corrected chi connectivity index (χ4v) is 3.32. The summed E-state index contributed by atoms with van der Waals surface area (Å²) in [4.78, 5) is 10.5. The van der Waals surface area contributed by atoms with Crippen LogP contribution in [0.3, 0.4) is 0 Å². The maximum Gasteiger partial charge on any atom is 0.122 e. The summed E-state index contributed by atoms with van der Waals surface area (Å²) in [7, 11) is 0. The highest BCUT2D eigenvalue weighted by atomic mass is 16.3. The van der Waals surface area contributed by atoms with Gasteiger partial charge in [0.1, 0.15) is 6.29 Å². The largest absolute Gasteiger partial charge is 0.389 e. The molecule has 2 fully saturated rings. The van der Waals surface area contributed by atoms with Gasteiger partial charge in [-0.2, -0.15) is 0 Å². The Morgan fingerprint density at radius 1 is 1.21 bits per heavy atom. The molecule has 0 aromatic rings. The number of hydrogen-bond acceptors (Lipinski definition) is 2. The van der Waals surface area contributed by atoms with Gasteiger partial charge in [0.2, 0.25) is 0 Å². The summed E-state index contributed by atoms with van der Waals surface area (Å²) in [6, 6.07) is 0. The number of rotatable bonds is 2. The van der Waals surface area contributed by atoms with Crippen LogP contribution in [0, 0.1) is 11.8 Å². The molecule has 0 aromatic carbocycles. The van der Waals surface area contributed by atoms with Gasteiger partial charge in [0.05, 0.1) is 5.60 Å². The van der Waals surface area contributed by atoms with Gasteiger partial charge in [-0.25, -0.2) is 0 Å². The molecule has 0 heterocycles. The molecular weight excluding hydrogens is 176 g/mol. The lowest BCUT2D eigenvalue weighted by Crippen LogP contribution is -2.40. The minimum absolute atomic E-state index is 0.343. The second-order valence-electron chi connectivity index (χ2n) is 5.14. The lowest BCUT2D eigenvalue weighted by Gasteiger charge is -2.43. The molecule has 2 heteroatoms. The van der Waals surface area contributed by atoms with Crippen molar-refractivity contribution < 1.29 is 9.90 Å². The van der Waals surface area contributed by atoms with Crippen molar-refractivity contribution in [2.24, 2.45) is 11.8 Å². The van der Waals surface area contributed by atoms with Gasteiger partial charge in [0, 0.05) is 6.42 Å². The maximum absolute atomic E-state index is 10.5. The SMILES string of the molecule is O=CCC1(O)CCC2CCCCC2C1. The maximum atomic E-state index is 10.5. The van der Waals surface area contributed by atoms with Crippen LogP contribution in [-0.4, -0.2) is 17.0 Å². The zero-order valence-corrected chi connectivity index (χ0v) is 8.74. The van der Waals surface area contributed by atoms with Gasteiger partial charge in [-0.15, -0.1) is 0 Å². The molecule has 0 aliphatic heterocycles. The molecular formula is C12H20O2. The zero-order valence-electron chi connectivity index (χ0n) is 8.74. The molecule has 2 nitrogen and oxygen atoms in total. The first-order valence-electron chi connectivity index (χ1n) is 5.89. The van der Waals surface area contributed by atoms with E-state index in [1.54, 1.807) is 0 Å². The van der Waals surface area contributed by atoms with Crippen LogP contribution >= 0.6 is 0 Å². The summed E-state index contributed by atoms with van der Waals surface area (Å²) in [6.45, 7) is 0. The Hall–Kier alpha value is -0.370. The molecule has 2 aliphatic rings. The van der Waals surface area contributed by atoms with Crippen LogP contribution in [-0.2, 0) is 4.79 Å². The third-order valence-corrected chi connectivity index (χ3v) is 4.15. The van der Waals surface area contributed by atoms with Gasteiger partial charge in [-0.1, -0.05) is 25.7 Å². The molecule has 0 radical (unpaired) electrons. The first-order valence-corrected chi connectivity index (χ1v) is 5.89. The second kappa shape index (κ2) is 4.01. The highest BCUT2D eigenvalue weighted by molar-refractivity contribution is 5.51. The normalized spacial score (nSPS) is 42.9. The van der Waals surface area contributed by atoms with Crippen LogP contribution in [0.25, 0.3) is 0 Å². The number of carbonyl (C=O) groups is 1. The standard InChI is InChI=1S/C12H20O2/c13-8-7-12(14)6-5-10-3-1-2-4-11(10)9-12/h8,10-11,14H,1-7,9H2. The van der Waals surface area contributed by atoms with Gasteiger partial charge in [-0.3, -0.25) is 0 Å². The first-order chi connectivity index (χ1) is 6.73. The lowest BCUT2D eigenvalue weighted by atomic mass is 9.65. The molecule has 80 valence electrons.